The van der Waals surface area contributed by atoms with Crippen molar-refractivity contribution in [2.24, 2.45) is 45.3 Å². The first kappa shape index (κ1) is 24.2. The van der Waals surface area contributed by atoms with Gasteiger partial charge in [0.25, 0.3) is 0 Å². The van der Waals surface area contributed by atoms with Crippen LogP contribution in [0.4, 0.5) is 0 Å². The number of Topliss-reactive ketones (excluding diaryl/α,β-unsaturated/α-hetero) is 1. The van der Waals surface area contributed by atoms with Crippen LogP contribution in [-0.4, -0.2) is 17.5 Å². The SMILES string of the molecule is CC(C)=CCCC(CO)C1CCC2(C)C1CCC1C3(C)CCC(=O)C(C)(C)C3=CCC12C. The van der Waals surface area contributed by atoms with Crippen LogP contribution >= 0.6 is 0 Å². The molecule has 2 nitrogen and oxygen atoms in total. The minimum Gasteiger partial charge on any atom is -0.396 e. The summed E-state index contributed by atoms with van der Waals surface area (Å²) in [4.78, 5) is 12.8. The van der Waals surface area contributed by atoms with Gasteiger partial charge in [0.05, 0.1) is 0 Å². The van der Waals surface area contributed by atoms with E-state index < -0.39 is 0 Å². The number of ketones is 1. The number of allylic oxidation sites excluding steroid dienone is 4. The number of fused-ring (bicyclic) bond motifs is 5. The lowest BCUT2D eigenvalue weighted by atomic mass is 9.38. The van der Waals surface area contributed by atoms with E-state index in [4.69, 9.17) is 0 Å². The first-order chi connectivity index (χ1) is 14.9. The van der Waals surface area contributed by atoms with Crippen LogP contribution < -0.4 is 0 Å². The second-order valence-electron chi connectivity index (χ2n) is 13.4. The zero-order valence-corrected chi connectivity index (χ0v) is 21.9. The van der Waals surface area contributed by atoms with Gasteiger partial charge in [0.2, 0.25) is 0 Å². The third-order valence-electron chi connectivity index (χ3n) is 11.5. The topological polar surface area (TPSA) is 37.3 Å². The van der Waals surface area contributed by atoms with Crippen LogP contribution in [0.2, 0.25) is 0 Å². The maximum atomic E-state index is 12.8. The highest BCUT2D eigenvalue weighted by atomic mass is 16.3. The van der Waals surface area contributed by atoms with Gasteiger partial charge in [0.15, 0.2) is 0 Å². The van der Waals surface area contributed by atoms with Gasteiger partial charge < -0.3 is 5.11 Å². The molecule has 2 heteroatoms. The highest BCUT2D eigenvalue weighted by Gasteiger charge is 2.66. The van der Waals surface area contributed by atoms with E-state index in [2.05, 4.69) is 60.6 Å². The van der Waals surface area contributed by atoms with Crippen molar-refractivity contribution in [1.29, 1.82) is 0 Å². The number of carbonyl (C=O) groups excluding carboxylic acids is 1. The Labute approximate surface area is 197 Å². The Morgan fingerprint density at radius 1 is 1.09 bits per heavy atom. The Balaban J connectivity index is 1.64. The molecule has 3 saturated carbocycles. The third kappa shape index (κ3) is 3.33. The van der Waals surface area contributed by atoms with Gasteiger partial charge in [0.1, 0.15) is 5.78 Å². The van der Waals surface area contributed by atoms with Gasteiger partial charge in [-0.25, -0.2) is 0 Å². The minimum atomic E-state index is -0.294. The zero-order chi connectivity index (χ0) is 23.5. The van der Waals surface area contributed by atoms with Crippen LogP contribution in [0.5, 0.6) is 0 Å². The van der Waals surface area contributed by atoms with E-state index in [1.807, 2.05) is 0 Å². The molecular formula is C30H48O2. The number of carbonyl (C=O) groups is 1. The molecule has 0 saturated heterocycles. The molecule has 4 aliphatic carbocycles. The Hall–Kier alpha value is -0.890. The van der Waals surface area contributed by atoms with Gasteiger partial charge in [-0.1, -0.05) is 44.1 Å². The van der Waals surface area contributed by atoms with Gasteiger partial charge >= 0.3 is 0 Å². The number of hydrogen-bond acceptors (Lipinski definition) is 2. The molecule has 0 bridgehead atoms. The van der Waals surface area contributed by atoms with E-state index in [1.165, 1.54) is 36.8 Å². The van der Waals surface area contributed by atoms with Gasteiger partial charge in [-0.2, -0.15) is 0 Å². The molecule has 0 aromatic carbocycles. The maximum Gasteiger partial charge on any atom is 0.142 e. The monoisotopic (exact) mass is 440 g/mol. The molecular weight excluding hydrogens is 392 g/mol. The van der Waals surface area contributed by atoms with E-state index in [1.54, 1.807) is 0 Å². The maximum absolute atomic E-state index is 12.8. The smallest absolute Gasteiger partial charge is 0.142 e. The molecule has 0 aromatic rings. The van der Waals surface area contributed by atoms with Crippen molar-refractivity contribution in [3.8, 4) is 0 Å². The fourth-order valence-corrected chi connectivity index (χ4v) is 9.47. The van der Waals surface area contributed by atoms with Gasteiger partial charge in [-0.05, 0) is 119 Å². The van der Waals surface area contributed by atoms with Crippen molar-refractivity contribution in [2.75, 3.05) is 6.61 Å². The average molecular weight is 441 g/mol. The van der Waals surface area contributed by atoms with Crippen molar-refractivity contribution in [3.63, 3.8) is 0 Å². The molecule has 4 rings (SSSR count). The fraction of sp³-hybridized carbons (Fsp3) is 0.833. The summed E-state index contributed by atoms with van der Waals surface area (Å²) in [7, 11) is 0. The van der Waals surface area contributed by atoms with Crippen LogP contribution in [0.25, 0.3) is 0 Å². The van der Waals surface area contributed by atoms with Crippen LogP contribution in [-0.2, 0) is 4.79 Å². The van der Waals surface area contributed by atoms with Crippen molar-refractivity contribution in [2.45, 2.75) is 106 Å². The van der Waals surface area contributed by atoms with Crippen molar-refractivity contribution in [3.05, 3.63) is 23.3 Å². The van der Waals surface area contributed by atoms with Crippen molar-refractivity contribution < 1.29 is 9.90 Å². The van der Waals surface area contributed by atoms with E-state index in [0.29, 0.717) is 41.0 Å². The fourth-order valence-electron chi connectivity index (χ4n) is 9.47. The lowest BCUT2D eigenvalue weighted by molar-refractivity contribution is -0.146. The Morgan fingerprint density at radius 2 is 1.81 bits per heavy atom. The summed E-state index contributed by atoms with van der Waals surface area (Å²) in [6.07, 6.45) is 15.2. The van der Waals surface area contributed by atoms with Crippen LogP contribution in [0.1, 0.15) is 106 Å². The molecule has 4 aliphatic rings. The Kier molecular flexibility index (Phi) is 6.14. The summed E-state index contributed by atoms with van der Waals surface area (Å²) in [5.74, 6) is 2.93. The zero-order valence-electron chi connectivity index (χ0n) is 21.9. The lowest BCUT2D eigenvalue weighted by Gasteiger charge is -2.66. The molecule has 1 N–H and O–H groups in total. The molecule has 7 atom stereocenters. The van der Waals surface area contributed by atoms with E-state index in [-0.39, 0.29) is 10.8 Å². The van der Waals surface area contributed by atoms with E-state index >= 15 is 0 Å². The van der Waals surface area contributed by atoms with E-state index in [9.17, 15) is 9.90 Å². The van der Waals surface area contributed by atoms with Gasteiger partial charge in [-0.15, -0.1) is 0 Å². The Morgan fingerprint density at radius 3 is 2.47 bits per heavy atom. The standard InChI is InChI=1S/C30H48O2/c1-20(2)9-8-10-21(19-31)22-13-17-29(6)23(22)11-12-25-28(5)16-15-26(32)27(3,4)24(28)14-18-30(25,29)7/h9,14,21-23,25,31H,8,10-13,15-19H2,1-7H3. The highest BCUT2D eigenvalue weighted by molar-refractivity contribution is 5.89. The summed E-state index contributed by atoms with van der Waals surface area (Å²) in [5.41, 5.74) is 3.33. The number of aliphatic hydroxyl groups is 1. The molecule has 0 aromatic heterocycles. The second-order valence-corrected chi connectivity index (χ2v) is 13.4. The van der Waals surface area contributed by atoms with Gasteiger partial charge in [0, 0.05) is 18.4 Å². The van der Waals surface area contributed by atoms with Crippen LogP contribution in [0.15, 0.2) is 23.3 Å². The van der Waals surface area contributed by atoms with Crippen LogP contribution in [0.3, 0.4) is 0 Å². The molecule has 180 valence electrons. The van der Waals surface area contributed by atoms with E-state index in [0.717, 1.165) is 38.0 Å². The predicted molar refractivity (Wildman–Crippen MR) is 133 cm³/mol. The number of rotatable bonds is 5. The Bertz CT molecular complexity index is 815. The average Bonchev–Trinajstić information content (AvgIpc) is 3.07. The lowest BCUT2D eigenvalue weighted by Crippen LogP contribution is -2.59. The summed E-state index contributed by atoms with van der Waals surface area (Å²) in [6.45, 7) is 16.8. The summed E-state index contributed by atoms with van der Waals surface area (Å²) >= 11 is 0. The summed E-state index contributed by atoms with van der Waals surface area (Å²) < 4.78 is 0. The minimum absolute atomic E-state index is 0.163. The van der Waals surface area contributed by atoms with Crippen molar-refractivity contribution in [1.82, 2.24) is 0 Å². The summed E-state index contributed by atoms with van der Waals surface area (Å²) in [5, 5.41) is 10.3. The first-order valence-electron chi connectivity index (χ1n) is 13.4. The van der Waals surface area contributed by atoms with Crippen molar-refractivity contribution >= 4 is 5.78 Å². The van der Waals surface area contributed by atoms with Gasteiger partial charge in [-0.3, -0.25) is 4.79 Å². The number of aliphatic hydroxyl groups excluding tert-OH is 1. The molecule has 32 heavy (non-hydrogen) atoms. The predicted octanol–water partition coefficient (Wildman–Crippen LogP) is 7.52. The molecule has 3 fully saturated rings. The molecule has 0 aliphatic heterocycles. The molecule has 0 spiro atoms. The highest BCUT2D eigenvalue weighted by Crippen LogP contribution is 2.74. The third-order valence-corrected chi connectivity index (χ3v) is 11.5. The second kappa shape index (κ2) is 8.10. The first-order valence-corrected chi connectivity index (χ1v) is 13.4. The molecule has 0 amide bonds. The molecule has 0 heterocycles. The normalized spacial score (nSPS) is 43.6. The largest absolute Gasteiger partial charge is 0.396 e. The molecule has 0 radical (unpaired) electrons. The molecule has 7 unspecified atom stereocenters. The quantitative estimate of drug-likeness (QED) is 0.449. The number of hydrogen-bond donors (Lipinski definition) is 1. The van der Waals surface area contributed by atoms with Crippen LogP contribution in [0, 0.1) is 45.3 Å². The summed E-state index contributed by atoms with van der Waals surface area (Å²) in [6, 6.07) is 0.